The lowest BCUT2D eigenvalue weighted by Gasteiger charge is -2.47. The summed E-state index contributed by atoms with van der Waals surface area (Å²) in [5.74, 6) is 0. The van der Waals surface area contributed by atoms with Crippen molar-refractivity contribution in [3.8, 4) is 0 Å². The van der Waals surface area contributed by atoms with Gasteiger partial charge in [0.1, 0.15) is 0 Å². The number of nitrogens with zero attached hydrogens (tertiary/aromatic N) is 1. The molecule has 0 bridgehead atoms. The first kappa shape index (κ1) is 17.0. The molecule has 0 spiro atoms. The van der Waals surface area contributed by atoms with Gasteiger partial charge < -0.3 is 5.32 Å². The van der Waals surface area contributed by atoms with E-state index in [0.717, 1.165) is 6.54 Å². The summed E-state index contributed by atoms with van der Waals surface area (Å²) in [6, 6.07) is 0.671. The average Bonchev–Trinajstić information content (AvgIpc) is 2.34. The number of nitrogens with one attached hydrogen (secondary N) is 1. The predicted octanol–water partition coefficient (Wildman–Crippen LogP) is 4.06. The highest BCUT2D eigenvalue weighted by Crippen LogP contribution is 2.28. The molecule has 0 saturated carbocycles. The fraction of sp³-hybridized carbons (Fsp3) is 1.00. The molecule has 1 rings (SSSR count). The van der Waals surface area contributed by atoms with Gasteiger partial charge in [-0.15, -0.1) is 0 Å². The Bertz CT molecular complexity index is 262. The molecule has 0 aromatic rings. The van der Waals surface area contributed by atoms with E-state index in [0.29, 0.717) is 17.0 Å². The maximum atomic E-state index is 3.72. The van der Waals surface area contributed by atoms with Crippen molar-refractivity contribution in [2.45, 2.75) is 85.2 Å². The van der Waals surface area contributed by atoms with Crippen LogP contribution in [0.15, 0.2) is 0 Å². The Morgan fingerprint density at radius 3 is 2.53 bits per heavy atom. The summed E-state index contributed by atoms with van der Waals surface area (Å²) in [7, 11) is 0. The predicted molar refractivity (Wildman–Crippen MR) is 85.7 cm³/mol. The van der Waals surface area contributed by atoms with Gasteiger partial charge in [0.2, 0.25) is 0 Å². The molecule has 2 nitrogen and oxygen atoms in total. The Hall–Kier alpha value is -0.0800. The summed E-state index contributed by atoms with van der Waals surface area (Å²) >= 11 is 0. The molecule has 0 radical (unpaired) electrons. The first-order valence-corrected chi connectivity index (χ1v) is 8.31. The zero-order valence-corrected chi connectivity index (χ0v) is 14.2. The molecule has 1 heterocycles. The van der Waals surface area contributed by atoms with Crippen molar-refractivity contribution in [3.05, 3.63) is 0 Å². The van der Waals surface area contributed by atoms with E-state index in [4.69, 9.17) is 0 Å². The van der Waals surface area contributed by atoms with Crippen LogP contribution in [0.3, 0.4) is 0 Å². The van der Waals surface area contributed by atoms with Crippen LogP contribution >= 0.6 is 0 Å². The number of rotatable bonds is 7. The lowest BCUT2D eigenvalue weighted by molar-refractivity contribution is 0.0551. The second kappa shape index (κ2) is 7.08. The molecule has 0 aromatic carbocycles. The maximum absolute atomic E-state index is 3.72. The monoisotopic (exact) mass is 268 g/mol. The van der Waals surface area contributed by atoms with Gasteiger partial charge in [0.05, 0.1) is 0 Å². The lowest BCUT2D eigenvalue weighted by Crippen LogP contribution is -2.63. The van der Waals surface area contributed by atoms with Crippen LogP contribution in [0.1, 0.15) is 73.6 Å². The molecule has 2 heteroatoms. The van der Waals surface area contributed by atoms with Gasteiger partial charge in [-0.25, -0.2) is 0 Å². The number of hydrogen-bond acceptors (Lipinski definition) is 2. The van der Waals surface area contributed by atoms with Crippen molar-refractivity contribution in [3.63, 3.8) is 0 Å². The van der Waals surface area contributed by atoms with Crippen LogP contribution < -0.4 is 5.32 Å². The number of piperazine rings is 1. The number of hydrogen-bond donors (Lipinski definition) is 1. The Morgan fingerprint density at radius 1 is 1.26 bits per heavy atom. The number of unbranched alkanes of at least 4 members (excludes halogenated alkanes) is 2. The van der Waals surface area contributed by atoms with Crippen molar-refractivity contribution in [2.24, 2.45) is 5.41 Å². The zero-order chi connectivity index (χ0) is 14.5. The van der Waals surface area contributed by atoms with Gasteiger partial charge in [0.25, 0.3) is 0 Å². The highest BCUT2D eigenvalue weighted by molar-refractivity contribution is 4.94. The molecule has 114 valence electrons. The van der Waals surface area contributed by atoms with Gasteiger partial charge in [0, 0.05) is 31.2 Å². The minimum Gasteiger partial charge on any atom is -0.309 e. The second-order valence-electron chi connectivity index (χ2n) is 7.67. The van der Waals surface area contributed by atoms with Crippen molar-refractivity contribution >= 4 is 0 Å². The summed E-state index contributed by atoms with van der Waals surface area (Å²) < 4.78 is 0. The molecule has 19 heavy (non-hydrogen) atoms. The van der Waals surface area contributed by atoms with Crippen LogP contribution in [-0.2, 0) is 0 Å². The summed E-state index contributed by atoms with van der Waals surface area (Å²) in [5, 5.41) is 3.72. The SMILES string of the molecule is CCCCCC(C)(C)CN1CC(C)(CC)NCC1C. The molecule has 1 N–H and O–H groups in total. The fourth-order valence-electron chi connectivity index (χ4n) is 3.11. The molecular formula is C17H36N2. The van der Waals surface area contributed by atoms with Gasteiger partial charge in [-0.05, 0) is 32.1 Å². The highest BCUT2D eigenvalue weighted by Gasteiger charge is 2.34. The van der Waals surface area contributed by atoms with Crippen molar-refractivity contribution < 1.29 is 0 Å². The maximum Gasteiger partial charge on any atom is 0.0278 e. The lowest BCUT2D eigenvalue weighted by atomic mass is 9.84. The van der Waals surface area contributed by atoms with Gasteiger partial charge in [-0.1, -0.05) is 47.0 Å². The average molecular weight is 268 g/mol. The molecule has 0 amide bonds. The molecule has 1 aliphatic heterocycles. The Morgan fingerprint density at radius 2 is 1.95 bits per heavy atom. The van der Waals surface area contributed by atoms with Gasteiger partial charge in [0.15, 0.2) is 0 Å². The minimum atomic E-state index is 0.312. The molecule has 0 aliphatic carbocycles. The van der Waals surface area contributed by atoms with E-state index < -0.39 is 0 Å². The van der Waals surface area contributed by atoms with Crippen LogP contribution in [0.5, 0.6) is 0 Å². The molecule has 0 aromatic heterocycles. The molecule has 1 saturated heterocycles. The summed E-state index contributed by atoms with van der Waals surface area (Å²) in [4.78, 5) is 2.71. The molecular weight excluding hydrogens is 232 g/mol. The Labute approximate surface area is 121 Å². The van der Waals surface area contributed by atoms with Gasteiger partial charge in [-0.3, -0.25) is 4.90 Å². The first-order valence-electron chi connectivity index (χ1n) is 8.31. The first-order chi connectivity index (χ1) is 8.82. The third-order valence-electron chi connectivity index (χ3n) is 4.87. The van der Waals surface area contributed by atoms with Crippen molar-refractivity contribution in [1.29, 1.82) is 0 Å². The topological polar surface area (TPSA) is 15.3 Å². The van der Waals surface area contributed by atoms with Crippen LogP contribution in [0.2, 0.25) is 0 Å². The third kappa shape index (κ3) is 5.43. The van der Waals surface area contributed by atoms with E-state index in [1.807, 2.05) is 0 Å². The normalized spacial score (nSPS) is 29.7. The summed E-state index contributed by atoms with van der Waals surface area (Å²) in [5.41, 5.74) is 0.765. The molecule has 1 fully saturated rings. The Kier molecular flexibility index (Phi) is 6.32. The van der Waals surface area contributed by atoms with E-state index in [2.05, 4.69) is 51.8 Å². The smallest absolute Gasteiger partial charge is 0.0278 e. The standard InChI is InChI=1S/C17H36N2/c1-7-9-10-11-16(4,5)13-19-14-17(6,8-2)18-12-15(19)3/h15,18H,7-14H2,1-6H3. The molecule has 1 aliphatic rings. The Balaban J connectivity index is 2.52. The van der Waals surface area contributed by atoms with Crippen LogP contribution in [0.25, 0.3) is 0 Å². The largest absolute Gasteiger partial charge is 0.309 e. The quantitative estimate of drug-likeness (QED) is 0.701. The van der Waals surface area contributed by atoms with E-state index in [-0.39, 0.29) is 0 Å². The van der Waals surface area contributed by atoms with Gasteiger partial charge >= 0.3 is 0 Å². The van der Waals surface area contributed by atoms with E-state index >= 15 is 0 Å². The van der Waals surface area contributed by atoms with Gasteiger partial charge in [-0.2, -0.15) is 0 Å². The highest BCUT2D eigenvalue weighted by atomic mass is 15.2. The summed E-state index contributed by atoms with van der Waals surface area (Å²) in [6.07, 6.45) is 6.67. The minimum absolute atomic E-state index is 0.312. The van der Waals surface area contributed by atoms with E-state index in [9.17, 15) is 0 Å². The van der Waals surface area contributed by atoms with Crippen molar-refractivity contribution in [2.75, 3.05) is 19.6 Å². The zero-order valence-electron chi connectivity index (χ0n) is 14.2. The van der Waals surface area contributed by atoms with E-state index in [1.165, 1.54) is 45.2 Å². The van der Waals surface area contributed by atoms with Crippen LogP contribution in [-0.4, -0.2) is 36.1 Å². The fourth-order valence-corrected chi connectivity index (χ4v) is 3.11. The second-order valence-corrected chi connectivity index (χ2v) is 7.67. The van der Waals surface area contributed by atoms with Crippen LogP contribution in [0.4, 0.5) is 0 Å². The van der Waals surface area contributed by atoms with Crippen LogP contribution in [0, 0.1) is 5.41 Å². The third-order valence-corrected chi connectivity index (χ3v) is 4.87. The molecule has 2 unspecified atom stereocenters. The van der Waals surface area contributed by atoms with Crippen molar-refractivity contribution in [1.82, 2.24) is 10.2 Å². The molecule has 2 atom stereocenters. The van der Waals surface area contributed by atoms with E-state index in [1.54, 1.807) is 0 Å². The summed E-state index contributed by atoms with van der Waals surface area (Å²) in [6.45, 7) is 17.8.